The predicted molar refractivity (Wildman–Crippen MR) is 122 cm³/mol. The van der Waals surface area contributed by atoms with E-state index in [1.165, 1.54) is 23.1 Å². The van der Waals surface area contributed by atoms with Gasteiger partial charge in [-0.25, -0.2) is 4.98 Å². The monoisotopic (exact) mass is 524 g/mol. The van der Waals surface area contributed by atoms with Gasteiger partial charge in [0.05, 0.1) is 22.0 Å². The Bertz CT molecular complexity index is 1120. The highest BCUT2D eigenvalue weighted by molar-refractivity contribution is 8.01. The number of nitrogens with one attached hydrogen (secondary N) is 1. The van der Waals surface area contributed by atoms with E-state index in [-0.39, 0.29) is 17.3 Å². The lowest BCUT2D eigenvalue weighted by molar-refractivity contribution is -0.137. The van der Waals surface area contributed by atoms with Crippen LogP contribution < -0.4 is 5.32 Å². The summed E-state index contributed by atoms with van der Waals surface area (Å²) < 4.78 is 39.0. The SMILES string of the molecule is Cc1nc(SCC(=O)Nc2ccc(C(F)(F)F)c(Cl)c2)sc1Cc1cc(Cl)ccc1Cl. The van der Waals surface area contributed by atoms with Gasteiger partial charge in [0.15, 0.2) is 4.34 Å². The van der Waals surface area contributed by atoms with Crippen LogP contribution in [-0.2, 0) is 17.4 Å². The van der Waals surface area contributed by atoms with Crippen molar-refractivity contribution in [2.75, 3.05) is 11.1 Å². The fourth-order valence-corrected chi connectivity index (χ4v) is 5.35. The summed E-state index contributed by atoms with van der Waals surface area (Å²) in [5, 5.41) is 3.27. The zero-order valence-electron chi connectivity index (χ0n) is 15.8. The molecule has 3 rings (SSSR count). The first kappa shape index (κ1) is 24.2. The number of nitrogens with zero attached hydrogens (tertiary/aromatic N) is 1. The predicted octanol–water partition coefficient (Wildman–Crippen LogP) is 7.75. The Hall–Kier alpha value is -1.45. The van der Waals surface area contributed by atoms with E-state index in [0.717, 1.165) is 34.3 Å². The van der Waals surface area contributed by atoms with Gasteiger partial charge in [-0.15, -0.1) is 11.3 Å². The average molecular weight is 526 g/mol. The molecule has 0 saturated carbocycles. The van der Waals surface area contributed by atoms with Crippen molar-refractivity contribution < 1.29 is 18.0 Å². The molecule has 0 radical (unpaired) electrons. The molecule has 3 aromatic rings. The summed E-state index contributed by atoms with van der Waals surface area (Å²) in [6.45, 7) is 1.87. The van der Waals surface area contributed by atoms with Crippen molar-refractivity contribution in [3.63, 3.8) is 0 Å². The molecule has 1 heterocycles. The highest BCUT2D eigenvalue weighted by Gasteiger charge is 2.33. The second kappa shape index (κ2) is 10.0. The molecule has 0 spiro atoms. The van der Waals surface area contributed by atoms with E-state index < -0.39 is 16.8 Å². The van der Waals surface area contributed by atoms with Crippen LogP contribution >= 0.6 is 57.9 Å². The molecule has 2 aromatic carbocycles. The number of aryl methyl sites for hydroxylation is 1. The molecule has 164 valence electrons. The largest absolute Gasteiger partial charge is 0.417 e. The number of halogens is 6. The lowest BCUT2D eigenvalue weighted by Gasteiger charge is -2.11. The quantitative estimate of drug-likeness (QED) is 0.335. The summed E-state index contributed by atoms with van der Waals surface area (Å²) in [5.74, 6) is -0.337. The van der Waals surface area contributed by atoms with Crippen LogP contribution in [0.2, 0.25) is 15.1 Å². The molecule has 1 amide bonds. The molecule has 1 N–H and O–H groups in total. The number of carbonyl (C=O) groups is 1. The van der Waals surface area contributed by atoms with Gasteiger partial charge in [-0.3, -0.25) is 4.79 Å². The maximum atomic E-state index is 12.8. The van der Waals surface area contributed by atoms with Crippen LogP contribution in [0.3, 0.4) is 0 Å². The van der Waals surface area contributed by atoms with Crippen LogP contribution in [-0.4, -0.2) is 16.6 Å². The number of anilines is 1. The molecule has 1 aromatic heterocycles. The smallest absolute Gasteiger partial charge is 0.325 e. The van der Waals surface area contributed by atoms with E-state index >= 15 is 0 Å². The van der Waals surface area contributed by atoms with Crippen molar-refractivity contribution >= 4 is 69.5 Å². The molecule has 0 saturated heterocycles. The minimum Gasteiger partial charge on any atom is -0.325 e. The Kier molecular flexibility index (Phi) is 7.81. The number of rotatable bonds is 6. The third kappa shape index (κ3) is 6.52. The first-order valence-corrected chi connectivity index (χ1v) is 11.7. The van der Waals surface area contributed by atoms with Crippen LogP contribution in [0.25, 0.3) is 0 Å². The highest BCUT2D eigenvalue weighted by Crippen LogP contribution is 2.36. The number of benzene rings is 2. The Labute approximate surface area is 199 Å². The number of thioether (sulfide) groups is 1. The van der Waals surface area contributed by atoms with Crippen molar-refractivity contribution in [1.82, 2.24) is 4.98 Å². The first-order chi connectivity index (χ1) is 14.5. The second-order valence-corrected chi connectivity index (χ2v) is 9.99. The summed E-state index contributed by atoms with van der Waals surface area (Å²) in [7, 11) is 0. The zero-order chi connectivity index (χ0) is 22.8. The molecule has 3 nitrogen and oxygen atoms in total. The van der Waals surface area contributed by atoms with Gasteiger partial charge in [-0.2, -0.15) is 13.2 Å². The normalized spacial score (nSPS) is 11.6. The minimum absolute atomic E-state index is 0.0446. The van der Waals surface area contributed by atoms with E-state index in [9.17, 15) is 18.0 Å². The van der Waals surface area contributed by atoms with Crippen LogP contribution in [0, 0.1) is 6.92 Å². The molecule has 0 atom stereocenters. The maximum Gasteiger partial charge on any atom is 0.417 e. The van der Waals surface area contributed by atoms with E-state index in [2.05, 4.69) is 10.3 Å². The van der Waals surface area contributed by atoms with Gasteiger partial charge < -0.3 is 5.32 Å². The maximum absolute atomic E-state index is 12.8. The van der Waals surface area contributed by atoms with Crippen LogP contribution in [0.1, 0.15) is 21.7 Å². The van der Waals surface area contributed by atoms with Crippen molar-refractivity contribution in [3.05, 3.63) is 73.2 Å². The third-order valence-corrected chi connectivity index (χ3v) is 7.33. The molecule has 0 aliphatic carbocycles. The van der Waals surface area contributed by atoms with Crippen molar-refractivity contribution in [1.29, 1.82) is 0 Å². The van der Waals surface area contributed by atoms with Crippen molar-refractivity contribution in [2.24, 2.45) is 0 Å². The Balaban J connectivity index is 1.60. The molecular formula is C20H14Cl3F3N2OS2. The van der Waals surface area contributed by atoms with Crippen molar-refractivity contribution in [2.45, 2.75) is 23.9 Å². The Morgan fingerprint density at radius 3 is 2.55 bits per heavy atom. The molecule has 11 heteroatoms. The Morgan fingerprint density at radius 1 is 1.13 bits per heavy atom. The lowest BCUT2D eigenvalue weighted by atomic mass is 10.1. The molecule has 0 unspecified atom stereocenters. The van der Waals surface area contributed by atoms with E-state index in [1.54, 1.807) is 18.2 Å². The Morgan fingerprint density at radius 2 is 1.87 bits per heavy atom. The van der Waals surface area contributed by atoms with Gasteiger partial charge in [0, 0.05) is 27.0 Å². The number of hydrogen-bond acceptors (Lipinski definition) is 4. The first-order valence-electron chi connectivity index (χ1n) is 8.72. The minimum atomic E-state index is -4.55. The highest BCUT2D eigenvalue weighted by atomic mass is 35.5. The number of thiazole rings is 1. The van der Waals surface area contributed by atoms with Gasteiger partial charge in [-0.1, -0.05) is 46.6 Å². The fourth-order valence-electron chi connectivity index (χ4n) is 2.63. The number of amides is 1. The molecule has 0 aliphatic heterocycles. The molecule has 0 aliphatic rings. The average Bonchev–Trinajstić information content (AvgIpc) is 3.01. The number of aromatic nitrogens is 1. The molecule has 31 heavy (non-hydrogen) atoms. The standard InChI is InChI=1S/C20H14Cl3F3N2OS2/c1-10-17(7-11-6-12(21)2-5-15(11)22)31-19(27-10)30-9-18(29)28-13-3-4-14(16(23)8-13)20(24,25)26/h2-6,8H,7,9H2,1H3,(H,28,29). The number of carbonyl (C=O) groups excluding carboxylic acids is 1. The summed E-state index contributed by atoms with van der Waals surface area (Å²) in [6.07, 6.45) is -3.98. The fraction of sp³-hybridized carbons (Fsp3) is 0.200. The van der Waals surface area contributed by atoms with Crippen molar-refractivity contribution in [3.8, 4) is 0 Å². The number of hydrogen-bond donors (Lipinski definition) is 1. The van der Waals surface area contributed by atoms with Gasteiger partial charge >= 0.3 is 6.18 Å². The zero-order valence-corrected chi connectivity index (χ0v) is 19.7. The van der Waals surface area contributed by atoms with Crippen LogP contribution in [0.5, 0.6) is 0 Å². The lowest BCUT2D eigenvalue weighted by Crippen LogP contribution is -2.14. The second-order valence-electron chi connectivity index (χ2n) is 6.43. The van der Waals surface area contributed by atoms with Crippen LogP contribution in [0.4, 0.5) is 18.9 Å². The van der Waals surface area contributed by atoms with Gasteiger partial charge in [0.2, 0.25) is 5.91 Å². The van der Waals surface area contributed by atoms with Gasteiger partial charge in [0.1, 0.15) is 0 Å². The summed E-state index contributed by atoms with van der Waals surface area (Å²) in [6, 6.07) is 8.34. The topological polar surface area (TPSA) is 42.0 Å². The third-order valence-electron chi connectivity index (χ3n) is 4.12. The van der Waals surface area contributed by atoms with Gasteiger partial charge in [-0.05, 0) is 48.9 Å². The van der Waals surface area contributed by atoms with E-state index in [4.69, 9.17) is 34.8 Å². The van der Waals surface area contributed by atoms with E-state index in [1.807, 2.05) is 6.92 Å². The van der Waals surface area contributed by atoms with Gasteiger partial charge in [0.25, 0.3) is 0 Å². The summed E-state index contributed by atoms with van der Waals surface area (Å²) in [4.78, 5) is 17.7. The molecule has 0 bridgehead atoms. The van der Waals surface area contributed by atoms with E-state index in [0.29, 0.717) is 20.8 Å². The number of alkyl halides is 3. The molecular weight excluding hydrogens is 512 g/mol. The summed E-state index contributed by atoms with van der Waals surface area (Å²) >= 11 is 20.6. The van der Waals surface area contributed by atoms with Crippen LogP contribution in [0.15, 0.2) is 40.7 Å². The summed E-state index contributed by atoms with van der Waals surface area (Å²) in [5.41, 5.74) is 0.954. The molecule has 0 fully saturated rings.